The first kappa shape index (κ1) is 9.22. The van der Waals surface area contributed by atoms with Crippen molar-refractivity contribution in [3.63, 3.8) is 0 Å². The normalized spacial score (nSPS) is 11.9. The summed E-state index contributed by atoms with van der Waals surface area (Å²) in [5, 5.41) is 4.07. The zero-order valence-corrected chi connectivity index (χ0v) is 7.53. The van der Waals surface area contributed by atoms with Crippen molar-refractivity contribution in [3.8, 4) is 0 Å². The third kappa shape index (κ3) is 2.64. The van der Waals surface area contributed by atoms with Crippen LogP contribution in [0, 0.1) is 0 Å². The second kappa shape index (κ2) is 3.69. The number of rotatable bonds is 4. The average Bonchev–Trinajstić information content (AvgIpc) is 2.53. The Bertz CT molecular complexity index is 218. The largest absolute Gasteiger partial charge is 0.299 e. The predicted octanol–water partition coefficient (Wildman–Crippen LogP) is 0.942. The lowest BCUT2D eigenvalue weighted by atomic mass is 10.1. The zero-order valence-electron chi connectivity index (χ0n) is 7.53. The van der Waals surface area contributed by atoms with Crippen molar-refractivity contribution in [3.05, 3.63) is 18.5 Å². The van der Waals surface area contributed by atoms with Gasteiger partial charge in [-0.3, -0.25) is 9.52 Å². The summed E-state index contributed by atoms with van der Waals surface area (Å²) in [5.41, 5.74) is -0.272. The van der Waals surface area contributed by atoms with E-state index in [0.29, 0.717) is 0 Å². The van der Waals surface area contributed by atoms with Gasteiger partial charge in [0.05, 0.1) is 5.60 Å². The molecule has 1 aromatic heterocycles. The Hall–Kier alpha value is -0.870. The summed E-state index contributed by atoms with van der Waals surface area (Å²) in [5.74, 6) is 5.12. The highest BCUT2D eigenvalue weighted by Gasteiger charge is 2.16. The molecule has 0 aliphatic rings. The molecule has 0 aromatic carbocycles. The van der Waals surface area contributed by atoms with Gasteiger partial charge in [0.1, 0.15) is 0 Å². The lowest BCUT2D eigenvalue weighted by Crippen LogP contribution is -2.29. The number of aromatic nitrogens is 2. The van der Waals surface area contributed by atoms with Crippen molar-refractivity contribution in [2.75, 3.05) is 0 Å². The molecule has 0 aliphatic carbocycles. The van der Waals surface area contributed by atoms with Crippen molar-refractivity contribution in [2.24, 2.45) is 5.90 Å². The minimum absolute atomic E-state index is 0.272. The third-order valence-corrected chi connectivity index (χ3v) is 1.82. The van der Waals surface area contributed by atoms with Gasteiger partial charge in [0, 0.05) is 18.9 Å². The van der Waals surface area contributed by atoms with Gasteiger partial charge in [0.15, 0.2) is 0 Å². The Morgan fingerprint density at radius 2 is 2.33 bits per heavy atom. The van der Waals surface area contributed by atoms with E-state index in [1.165, 1.54) is 0 Å². The first-order valence-electron chi connectivity index (χ1n) is 3.99. The van der Waals surface area contributed by atoms with Crippen LogP contribution < -0.4 is 5.90 Å². The first-order chi connectivity index (χ1) is 5.64. The van der Waals surface area contributed by atoms with E-state index >= 15 is 0 Å². The third-order valence-electron chi connectivity index (χ3n) is 1.82. The van der Waals surface area contributed by atoms with Crippen LogP contribution in [0.4, 0.5) is 0 Å². The first-order valence-corrected chi connectivity index (χ1v) is 3.99. The fourth-order valence-corrected chi connectivity index (χ4v) is 0.875. The number of nitrogens with zero attached hydrogens (tertiary/aromatic N) is 2. The van der Waals surface area contributed by atoms with E-state index in [9.17, 15) is 0 Å². The molecule has 68 valence electrons. The van der Waals surface area contributed by atoms with E-state index in [1.807, 2.05) is 30.8 Å². The molecule has 2 N–H and O–H groups in total. The Labute approximate surface area is 72.3 Å². The molecule has 0 atom stereocenters. The molecular formula is C8H15N3O. The summed E-state index contributed by atoms with van der Waals surface area (Å²) in [4.78, 5) is 4.79. The lowest BCUT2D eigenvalue weighted by Gasteiger charge is -2.21. The van der Waals surface area contributed by atoms with E-state index in [4.69, 9.17) is 10.7 Å². The van der Waals surface area contributed by atoms with Gasteiger partial charge in [-0.1, -0.05) is 0 Å². The van der Waals surface area contributed by atoms with E-state index in [0.717, 1.165) is 13.0 Å². The summed E-state index contributed by atoms with van der Waals surface area (Å²) in [6.07, 6.45) is 4.54. The average molecular weight is 169 g/mol. The van der Waals surface area contributed by atoms with Gasteiger partial charge >= 0.3 is 0 Å². The highest BCUT2D eigenvalue weighted by Crippen LogP contribution is 2.12. The Balaban J connectivity index is 2.36. The van der Waals surface area contributed by atoms with Gasteiger partial charge in [-0.15, -0.1) is 0 Å². The monoisotopic (exact) mass is 169 g/mol. The molecular weight excluding hydrogens is 154 g/mol. The van der Waals surface area contributed by atoms with Crippen LogP contribution in [0.3, 0.4) is 0 Å². The molecule has 0 unspecified atom stereocenters. The smallest absolute Gasteiger partial charge is 0.0855 e. The van der Waals surface area contributed by atoms with Gasteiger partial charge < -0.3 is 0 Å². The quantitative estimate of drug-likeness (QED) is 0.682. The molecule has 0 fully saturated rings. The fraction of sp³-hybridized carbons (Fsp3) is 0.625. The van der Waals surface area contributed by atoms with Crippen LogP contribution in [0.25, 0.3) is 0 Å². The van der Waals surface area contributed by atoms with E-state index in [1.54, 1.807) is 6.20 Å². The van der Waals surface area contributed by atoms with Gasteiger partial charge in [-0.2, -0.15) is 5.10 Å². The molecule has 1 heterocycles. The van der Waals surface area contributed by atoms with Gasteiger partial charge in [0.2, 0.25) is 0 Å². The van der Waals surface area contributed by atoms with Crippen LogP contribution in [0.1, 0.15) is 20.3 Å². The number of aryl methyl sites for hydroxylation is 1. The maximum absolute atomic E-state index is 5.12. The standard InChI is InChI=1S/C8H15N3O/c1-8(2,12-9)4-7-11-6-3-5-10-11/h3,5-6H,4,7,9H2,1-2H3. The SMILES string of the molecule is CC(C)(CCn1cccn1)ON. The second-order valence-corrected chi connectivity index (χ2v) is 3.40. The molecule has 4 nitrogen and oxygen atoms in total. The van der Waals surface area contributed by atoms with Crippen LogP contribution in [0.2, 0.25) is 0 Å². The van der Waals surface area contributed by atoms with E-state index in [-0.39, 0.29) is 5.60 Å². The molecule has 0 amide bonds. The Morgan fingerprint density at radius 3 is 2.83 bits per heavy atom. The maximum atomic E-state index is 5.12. The maximum Gasteiger partial charge on any atom is 0.0855 e. The zero-order chi connectivity index (χ0) is 9.03. The minimum atomic E-state index is -0.272. The summed E-state index contributed by atoms with van der Waals surface area (Å²) < 4.78 is 1.86. The molecule has 0 radical (unpaired) electrons. The van der Waals surface area contributed by atoms with Crippen LogP contribution in [-0.2, 0) is 11.4 Å². The molecule has 4 heteroatoms. The molecule has 0 saturated carbocycles. The van der Waals surface area contributed by atoms with Crippen LogP contribution >= 0.6 is 0 Å². The summed E-state index contributed by atoms with van der Waals surface area (Å²) in [7, 11) is 0. The van der Waals surface area contributed by atoms with Crippen molar-refractivity contribution >= 4 is 0 Å². The van der Waals surface area contributed by atoms with Crippen molar-refractivity contribution in [1.29, 1.82) is 0 Å². The number of hydrogen-bond acceptors (Lipinski definition) is 3. The van der Waals surface area contributed by atoms with Gasteiger partial charge in [-0.05, 0) is 26.3 Å². The predicted molar refractivity (Wildman–Crippen MR) is 46.2 cm³/mol. The lowest BCUT2D eigenvalue weighted by molar-refractivity contribution is -0.0285. The summed E-state index contributed by atoms with van der Waals surface area (Å²) >= 11 is 0. The van der Waals surface area contributed by atoms with Gasteiger partial charge in [0.25, 0.3) is 0 Å². The molecule has 0 bridgehead atoms. The fourth-order valence-electron chi connectivity index (χ4n) is 0.875. The van der Waals surface area contributed by atoms with Gasteiger partial charge in [-0.25, -0.2) is 5.90 Å². The molecule has 0 spiro atoms. The van der Waals surface area contributed by atoms with Crippen molar-refractivity contribution < 1.29 is 4.84 Å². The van der Waals surface area contributed by atoms with Crippen molar-refractivity contribution in [2.45, 2.75) is 32.4 Å². The molecule has 12 heavy (non-hydrogen) atoms. The number of nitrogens with two attached hydrogens (primary N) is 1. The summed E-state index contributed by atoms with van der Waals surface area (Å²) in [6.45, 7) is 4.74. The molecule has 0 aliphatic heterocycles. The van der Waals surface area contributed by atoms with E-state index < -0.39 is 0 Å². The number of hydrogen-bond donors (Lipinski definition) is 1. The van der Waals surface area contributed by atoms with Crippen LogP contribution in [0.15, 0.2) is 18.5 Å². The van der Waals surface area contributed by atoms with Crippen LogP contribution in [0.5, 0.6) is 0 Å². The van der Waals surface area contributed by atoms with Crippen LogP contribution in [-0.4, -0.2) is 15.4 Å². The Kier molecular flexibility index (Phi) is 2.83. The highest BCUT2D eigenvalue weighted by atomic mass is 16.6. The van der Waals surface area contributed by atoms with E-state index in [2.05, 4.69) is 5.10 Å². The topological polar surface area (TPSA) is 53.1 Å². The highest BCUT2D eigenvalue weighted by molar-refractivity contribution is 4.78. The Morgan fingerprint density at radius 1 is 1.58 bits per heavy atom. The second-order valence-electron chi connectivity index (χ2n) is 3.40. The summed E-state index contributed by atoms with van der Waals surface area (Å²) in [6, 6.07) is 1.90. The molecule has 0 saturated heterocycles. The van der Waals surface area contributed by atoms with Crippen molar-refractivity contribution in [1.82, 2.24) is 9.78 Å². The molecule has 1 rings (SSSR count). The minimum Gasteiger partial charge on any atom is -0.299 e. The molecule has 1 aromatic rings.